The first-order valence-electron chi connectivity index (χ1n) is 2.59. The lowest BCUT2D eigenvalue weighted by molar-refractivity contribution is -0.136. The molecule has 0 aliphatic heterocycles. The van der Waals surface area contributed by atoms with Crippen LogP contribution in [0.2, 0.25) is 0 Å². The smallest absolute Gasteiger partial charge is 0.244 e. The Labute approximate surface area is 59.9 Å². The number of hydrogen-bond donors (Lipinski definition) is 0. The summed E-state index contributed by atoms with van der Waals surface area (Å²) in [6.45, 7) is -1.90. The van der Waals surface area contributed by atoms with E-state index in [9.17, 15) is 22.4 Å². The van der Waals surface area contributed by atoms with Gasteiger partial charge in [0.1, 0.15) is 0 Å². The van der Waals surface area contributed by atoms with E-state index >= 15 is 0 Å². The molecule has 64 valence electrons. The fourth-order valence-electron chi connectivity index (χ4n) is 0.289. The van der Waals surface area contributed by atoms with Crippen LogP contribution >= 0.6 is 0 Å². The van der Waals surface area contributed by atoms with Crippen LogP contribution in [0.15, 0.2) is 4.99 Å². The Hall–Kier alpha value is -0.900. The standard InChI is InChI=1S/C5H5F4NO/c1-4(7,10-3-11)5(8,9)2-6/h2H2,1H3. The normalized spacial score (nSPS) is 16.8. The maximum Gasteiger partial charge on any atom is 0.329 e. The van der Waals surface area contributed by atoms with Crippen molar-refractivity contribution in [3.8, 4) is 0 Å². The van der Waals surface area contributed by atoms with Crippen LogP contribution in [0.5, 0.6) is 0 Å². The number of rotatable bonds is 3. The third kappa shape index (κ3) is 2.01. The number of aliphatic imine (C=N–C) groups is 1. The number of hydrogen-bond acceptors (Lipinski definition) is 2. The van der Waals surface area contributed by atoms with Gasteiger partial charge < -0.3 is 0 Å². The highest BCUT2D eigenvalue weighted by Crippen LogP contribution is 2.33. The van der Waals surface area contributed by atoms with Crippen molar-refractivity contribution < 1.29 is 22.4 Å². The second-order valence-corrected chi connectivity index (χ2v) is 1.99. The van der Waals surface area contributed by atoms with Crippen LogP contribution < -0.4 is 0 Å². The van der Waals surface area contributed by atoms with E-state index in [1.807, 2.05) is 0 Å². The lowest BCUT2D eigenvalue weighted by atomic mass is 10.1. The Kier molecular flexibility index (Phi) is 2.76. The summed E-state index contributed by atoms with van der Waals surface area (Å²) in [4.78, 5) is 11.5. The zero-order valence-electron chi connectivity index (χ0n) is 5.57. The van der Waals surface area contributed by atoms with Crippen molar-refractivity contribution in [2.45, 2.75) is 18.6 Å². The van der Waals surface area contributed by atoms with Crippen LogP contribution in [0.25, 0.3) is 0 Å². The molecule has 0 saturated heterocycles. The average Bonchev–Trinajstić information content (AvgIpc) is 1.87. The van der Waals surface area contributed by atoms with Crippen molar-refractivity contribution in [1.29, 1.82) is 0 Å². The summed E-state index contributed by atoms with van der Waals surface area (Å²) in [6.07, 6.45) is 0.602. The summed E-state index contributed by atoms with van der Waals surface area (Å²) in [7, 11) is 0. The fourth-order valence-corrected chi connectivity index (χ4v) is 0.289. The molecule has 6 heteroatoms. The number of nitrogens with zero attached hydrogens (tertiary/aromatic N) is 1. The van der Waals surface area contributed by atoms with Crippen LogP contribution in [0.3, 0.4) is 0 Å². The van der Waals surface area contributed by atoms with Gasteiger partial charge in [-0.15, -0.1) is 0 Å². The third-order valence-electron chi connectivity index (χ3n) is 1.09. The van der Waals surface area contributed by atoms with Crippen molar-refractivity contribution in [3.63, 3.8) is 0 Å². The maximum atomic E-state index is 12.4. The van der Waals surface area contributed by atoms with E-state index in [2.05, 4.69) is 4.99 Å². The zero-order valence-corrected chi connectivity index (χ0v) is 5.57. The summed E-state index contributed by atoms with van der Waals surface area (Å²) >= 11 is 0. The molecular weight excluding hydrogens is 166 g/mol. The summed E-state index contributed by atoms with van der Waals surface area (Å²) in [6, 6.07) is 0. The molecule has 0 rings (SSSR count). The minimum atomic E-state index is -4.27. The highest BCUT2D eigenvalue weighted by Gasteiger charge is 2.52. The van der Waals surface area contributed by atoms with Gasteiger partial charge in [-0.3, -0.25) is 0 Å². The number of isocyanates is 1. The van der Waals surface area contributed by atoms with E-state index in [4.69, 9.17) is 0 Å². The first-order valence-corrected chi connectivity index (χ1v) is 2.59. The molecule has 0 N–H and O–H groups in total. The highest BCUT2D eigenvalue weighted by atomic mass is 19.3. The second kappa shape index (κ2) is 3.00. The predicted octanol–water partition coefficient (Wildman–Crippen LogP) is 1.61. The molecule has 0 aliphatic rings. The summed E-state index contributed by atoms with van der Waals surface area (Å²) in [5.41, 5.74) is 0. The second-order valence-electron chi connectivity index (χ2n) is 1.99. The molecule has 0 amide bonds. The molecule has 0 spiro atoms. The average molecular weight is 171 g/mol. The Morgan fingerprint density at radius 3 is 2.18 bits per heavy atom. The molecule has 0 aliphatic carbocycles. The van der Waals surface area contributed by atoms with E-state index in [-0.39, 0.29) is 0 Å². The van der Waals surface area contributed by atoms with Gasteiger partial charge >= 0.3 is 5.92 Å². The van der Waals surface area contributed by atoms with Crippen LogP contribution in [-0.4, -0.2) is 24.5 Å². The van der Waals surface area contributed by atoms with Crippen LogP contribution in [0, 0.1) is 0 Å². The largest absolute Gasteiger partial charge is 0.329 e. The van der Waals surface area contributed by atoms with Crippen molar-refractivity contribution >= 4 is 6.08 Å². The molecule has 0 aromatic heterocycles. The Bertz CT molecular complexity index is 185. The first-order chi connectivity index (χ1) is 4.87. The summed E-state index contributed by atoms with van der Waals surface area (Å²) in [5.74, 6) is -7.78. The van der Waals surface area contributed by atoms with Gasteiger partial charge in [0.25, 0.3) is 5.79 Å². The molecule has 0 saturated carbocycles. The molecule has 0 aromatic carbocycles. The zero-order chi connectivity index (χ0) is 9.12. The van der Waals surface area contributed by atoms with Gasteiger partial charge in [-0.05, 0) is 6.92 Å². The van der Waals surface area contributed by atoms with Crippen molar-refractivity contribution in [2.75, 3.05) is 6.67 Å². The molecule has 0 fully saturated rings. The van der Waals surface area contributed by atoms with Crippen LogP contribution in [0.4, 0.5) is 17.6 Å². The Morgan fingerprint density at radius 1 is 1.45 bits per heavy atom. The van der Waals surface area contributed by atoms with Gasteiger partial charge in [0.15, 0.2) is 6.67 Å². The number of halogens is 4. The number of alkyl halides is 4. The molecular formula is C5H5F4NO. The van der Waals surface area contributed by atoms with Gasteiger partial charge in [-0.1, -0.05) is 0 Å². The van der Waals surface area contributed by atoms with Gasteiger partial charge in [-0.2, -0.15) is 13.8 Å². The Balaban J connectivity index is 4.65. The summed E-state index contributed by atoms with van der Waals surface area (Å²) < 4.78 is 48.0. The van der Waals surface area contributed by atoms with E-state index in [1.165, 1.54) is 0 Å². The van der Waals surface area contributed by atoms with E-state index < -0.39 is 18.4 Å². The molecule has 0 heterocycles. The van der Waals surface area contributed by atoms with Crippen molar-refractivity contribution in [1.82, 2.24) is 0 Å². The molecule has 1 atom stereocenters. The van der Waals surface area contributed by atoms with E-state index in [0.717, 1.165) is 0 Å². The fraction of sp³-hybridized carbons (Fsp3) is 0.800. The molecule has 2 nitrogen and oxygen atoms in total. The first kappa shape index (κ1) is 10.1. The van der Waals surface area contributed by atoms with Gasteiger partial charge in [-0.25, -0.2) is 13.6 Å². The van der Waals surface area contributed by atoms with Crippen LogP contribution in [0.1, 0.15) is 6.92 Å². The Morgan fingerprint density at radius 2 is 1.91 bits per heavy atom. The van der Waals surface area contributed by atoms with Crippen LogP contribution in [-0.2, 0) is 4.79 Å². The summed E-state index contributed by atoms with van der Waals surface area (Å²) in [5, 5.41) is 0. The molecule has 0 aromatic rings. The SMILES string of the molecule is CC(F)(N=C=O)C(F)(F)CF. The minimum absolute atomic E-state index is 0.303. The van der Waals surface area contributed by atoms with Gasteiger partial charge in [0.2, 0.25) is 6.08 Å². The monoisotopic (exact) mass is 171 g/mol. The molecule has 11 heavy (non-hydrogen) atoms. The molecule has 0 bridgehead atoms. The molecule has 1 unspecified atom stereocenters. The maximum absolute atomic E-state index is 12.4. The lowest BCUT2D eigenvalue weighted by Crippen LogP contribution is -2.41. The highest BCUT2D eigenvalue weighted by molar-refractivity contribution is 5.34. The predicted molar refractivity (Wildman–Crippen MR) is 28.6 cm³/mol. The quantitative estimate of drug-likeness (QED) is 0.274. The van der Waals surface area contributed by atoms with Crippen molar-refractivity contribution in [3.05, 3.63) is 0 Å². The minimum Gasteiger partial charge on any atom is -0.244 e. The third-order valence-corrected chi connectivity index (χ3v) is 1.09. The van der Waals surface area contributed by atoms with Crippen molar-refractivity contribution in [2.24, 2.45) is 4.99 Å². The number of carbonyl (C=O) groups excluding carboxylic acids is 1. The van der Waals surface area contributed by atoms with E-state index in [0.29, 0.717) is 13.0 Å². The van der Waals surface area contributed by atoms with E-state index in [1.54, 1.807) is 0 Å². The molecule has 0 radical (unpaired) electrons. The van der Waals surface area contributed by atoms with Gasteiger partial charge in [0, 0.05) is 0 Å². The topological polar surface area (TPSA) is 29.4 Å². The van der Waals surface area contributed by atoms with Gasteiger partial charge in [0.05, 0.1) is 0 Å². The lowest BCUT2D eigenvalue weighted by Gasteiger charge is -2.21.